The van der Waals surface area contributed by atoms with Gasteiger partial charge in [-0.05, 0) is 37.6 Å². The van der Waals surface area contributed by atoms with Crippen molar-refractivity contribution in [3.8, 4) is 6.07 Å². The van der Waals surface area contributed by atoms with Crippen LogP contribution < -0.4 is 10.2 Å². The molecule has 130 valence electrons. The van der Waals surface area contributed by atoms with Crippen LogP contribution in [0, 0.1) is 18.3 Å². The van der Waals surface area contributed by atoms with Crippen LogP contribution in [0.2, 0.25) is 0 Å². The highest BCUT2D eigenvalue weighted by Crippen LogP contribution is 2.38. The number of halogens is 3. The molecule has 1 aliphatic rings. The fourth-order valence-corrected chi connectivity index (χ4v) is 2.91. The maximum Gasteiger partial charge on any atom is 0.418 e. The number of rotatable bonds is 3. The van der Waals surface area contributed by atoms with Gasteiger partial charge in [0.15, 0.2) is 0 Å². The minimum absolute atomic E-state index is 0.00175. The molecule has 2 heterocycles. The molecule has 1 unspecified atom stereocenters. The molecule has 0 bridgehead atoms. The van der Waals surface area contributed by atoms with Crippen LogP contribution in [0.1, 0.15) is 23.2 Å². The van der Waals surface area contributed by atoms with E-state index in [4.69, 9.17) is 5.26 Å². The van der Waals surface area contributed by atoms with Crippen molar-refractivity contribution in [3.63, 3.8) is 0 Å². The van der Waals surface area contributed by atoms with Crippen LogP contribution in [0.4, 0.5) is 24.8 Å². The summed E-state index contributed by atoms with van der Waals surface area (Å²) in [4.78, 5) is 10.1. The minimum atomic E-state index is -4.51. The number of nitrogens with one attached hydrogen (secondary N) is 1. The first-order chi connectivity index (χ1) is 11.9. The van der Waals surface area contributed by atoms with Crippen LogP contribution in [0.15, 0.2) is 30.5 Å². The van der Waals surface area contributed by atoms with Crippen LogP contribution in [0.25, 0.3) is 0 Å². The Balaban J connectivity index is 1.79. The van der Waals surface area contributed by atoms with E-state index in [2.05, 4.69) is 15.3 Å². The third-order valence-electron chi connectivity index (χ3n) is 4.09. The standard InChI is InChI=1S/C17H16F3N5/c1-11-4-6-22-16(23-11)24-13-5-7-25(10-13)15-3-2-12(9-21)8-14(15)17(18,19)20/h2-4,6,8,13H,5,7,10H2,1H3,(H,22,23,24). The van der Waals surface area contributed by atoms with Gasteiger partial charge < -0.3 is 10.2 Å². The van der Waals surface area contributed by atoms with Gasteiger partial charge in [0.25, 0.3) is 0 Å². The zero-order valence-electron chi connectivity index (χ0n) is 13.5. The molecule has 0 amide bonds. The summed E-state index contributed by atoms with van der Waals surface area (Å²) in [5.41, 5.74) is 0.136. The van der Waals surface area contributed by atoms with Gasteiger partial charge in [0.05, 0.1) is 17.2 Å². The first kappa shape index (κ1) is 17.0. The molecule has 0 radical (unpaired) electrons. The molecular formula is C17H16F3N5. The maximum atomic E-state index is 13.3. The van der Waals surface area contributed by atoms with Crippen LogP contribution >= 0.6 is 0 Å². The van der Waals surface area contributed by atoms with E-state index in [0.29, 0.717) is 25.5 Å². The van der Waals surface area contributed by atoms with Gasteiger partial charge in [-0.2, -0.15) is 18.4 Å². The van der Waals surface area contributed by atoms with E-state index < -0.39 is 11.7 Å². The first-order valence-corrected chi connectivity index (χ1v) is 7.79. The number of aromatic nitrogens is 2. The molecule has 5 nitrogen and oxygen atoms in total. The largest absolute Gasteiger partial charge is 0.418 e. The van der Waals surface area contributed by atoms with Crippen LogP contribution in [-0.2, 0) is 6.18 Å². The Hall–Kier alpha value is -2.82. The highest BCUT2D eigenvalue weighted by Gasteiger charge is 2.36. The van der Waals surface area contributed by atoms with Gasteiger partial charge in [-0.25, -0.2) is 9.97 Å². The van der Waals surface area contributed by atoms with Crippen LogP contribution in [-0.4, -0.2) is 29.1 Å². The van der Waals surface area contributed by atoms with Crippen molar-refractivity contribution in [1.29, 1.82) is 5.26 Å². The quantitative estimate of drug-likeness (QED) is 0.922. The van der Waals surface area contributed by atoms with Gasteiger partial charge in [0.2, 0.25) is 5.95 Å². The van der Waals surface area contributed by atoms with E-state index in [0.717, 1.165) is 11.8 Å². The summed E-state index contributed by atoms with van der Waals surface area (Å²) in [5.74, 6) is 0.475. The summed E-state index contributed by atoms with van der Waals surface area (Å²) in [6, 6.07) is 7.17. The summed E-state index contributed by atoms with van der Waals surface area (Å²) >= 11 is 0. The van der Waals surface area contributed by atoms with Gasteiger partial charge in [-0.15, -0.1) is 0 Å². The van der Waals surface area contributed by atoms with Crippen LogP contribution in [0.5, 0.6) is 0 Å². The third-order valence-corrected chi connectivity index (χ3v) is 4.09. The fourth-order valence-electron chi connectivity index (χ4n) is 2.91. The SMILES string of the molecule is Cc1ccnc(NC2CCN(c3ccc(C#N)cc3C(F)(F)F)C2)n1. The second-order valence-electron chi connectivity index (χ2n) is 5.94. The molecule has 8 heteroatoms. The third kappa shape index (κ3) is 3.82. The Bertz CT molecular complexity index is 813. The van der Waals surface area contributed by atoms with Crippen molar-refractivity contribution in [2.24, 2.45) is 0 Å². The average molecular weight is 347 g/mol. The number of hydrogen-bond donors (Lipinski definition) is 1. The number of nitriles is 1. The Kier molecular flexibility index (Phi) is 4.49. The topological polar surface area (TPSA) is 64.8 Å². The number of benzene rings is 1. The van der Waals surface area contributed by atoms with Gasteiger partial charge in [0, 0.05) is 36.7 Å². The molecule has 0 aliphatic carbocycles. The monoisotopic (exact) mass is 347 g/mol. The predicted octanol–water partition coefficient (Wildman–Crippen LogP) is 3.37. The van der Waals surface area contributed by atoms with Gasteiger partial charge >= 0.3 is 6.18 Å². The van der Waals surface area contributed by atoms with Gasteiger partial charge in [0.1, 0.15) is 0 Å². The fraction of sp³-hybridized carbons (Fsp3) is 0.353. The minimum Gasteiger partial charge on any atom is -0.369 e. The molecule has 1 saturated heterocycles. The molecule has 1 atom stereocenters. The first-order valence-electron chi connectivity index (χ1n) is 7.79. The van der Waals surface area contributed by atoms with Crippen molar-refractivity contribution < 1.29 is 13.2 Å². The molecule has 0 saturated carbocycles. The van der Waals surface area contributed by atoms with Crippen molar-refractivity contribution in [1.82, 2.24) is 9.97 Å². The lowest BCUT2D eigenvalue weighted by molar-refractivity contribution is -0.137. The summed E-state index contributed by atoms with van der Waals surface area (Å²) < 4.78 is 40.0. The lowest BCUT2D eigenvalue weighted by Crippen LogP contribution is -2.28. The lowest BCUT2D eigenvalue weighted by atomic mass is 10.1. The van der Waals surface area contributed by atoms with Crippen molar-refractivity contribution >= 4 is 11.6 Å². The Morgan fingerprint density at radius 3 is 2.80 bits per heavy atom. The smallest absolute Gasteiger partial charge is 0.369 e. The zero-order chi connectivity index (χ0) is 18.0. The molecule has 1 aliphatic heterocycles. The highest BCUT2D eigenvalue weighted by molar-refractivity contribution is 5.59. The van der Waals surface area contributed by atoms with E-state index in [-0.39, 0.29) is 17.3 Å². The summed E-state index contributed by atoms with van der Waals surface area (Å²) in [6.45, 7) is 2.74. The Morgan fingerprint density at radius 1 is 1.32 bits per heavy atom. The molecule has 1 aromatic heterocycles. The van der Waals surface area contributed by atoms with Crippen molar-refractivity contribution in [2.45, 2.75) is 25.6 Å². The average Bonchev–Trinajstić information content (AvgIpc) is 3.02. The maximum absolute atomic E-state index is 13.3. The Labute approximate surface area is 143 Å². The normalized spacial score (nSPS) is 17.4. The molecule has 3 rings (SSSR count). The van der Waals surface area contributed by atoms with E-state index in [1.807, 2.05) is 6.92 Å². The lowest BCUT2D eigenvalue weighted by Gasteiger charge is -2.23. The molecule has 1 N–H and O–H groups in total. The summed E-state index contributed by atoms with van der Waals surface area (Å²) in [5, 5.41) is 12.0. The molecule has 2 aromatic rings. The van der Waals surface area contributed by atoms with E-state index in [1.165, 1.54) is 12.1 Å². The second-order valence-corrected chi connectivity index (χ2v) is 5.94. The van der Waals surface area contributed by atoms with E-state index in [1.54, 1.807) is 23.2 Å². The molecule has 1 fully saturated rings. The van der Waals surface area contributed by atoms with Crippen molar-refractivity contribution in [3.05, 3.63) is 47.3 Å². The summed E-state index contributed by atoms with van der Waals surface area (Å²) in [7, 11) is 0. The number of hydrogen-bond acceptors (Lipinski definition) is 5. The molecular weight excluding hydrogens is 331 g/mol. The second kappa shape index (κ2) is 6.59. The molecule has 1 aromatic carbocycles. The Morgan fingerprint density at radius 2 is 2.12 bits per heavy atom. The highest BCUT2D eigenvalue weighted by atomic mass is 19.4. The number of anilines is 2. The van der Waals surface area contributed by atoms with Gasteiger partial charge in [-0.3, -0.25) is 0 Å². The zero-order valence-corrected chi connectivity index (χ0v) is 13.5. The number of alkyl halides is 3. The van der Waals surface area contributed by atoms with Crippen LogP contribution in [0.3, 0.4) is 0 Å². The molecule has 0 spiro atoms. The van der Waals surface area contributed by atoms with Crippen molar-refractivity contribution in [2.75, 3.05) is 23.3 Å². The van der Waals surface area contributed by atoms with Gasteiger partial charge in [-0.1, -0.05) is 0 Å². The van der Waals surface area contributed by atoms with E-state index in [9.17, 15) is 13.2 Å². The number of nitrogens with zero attached hydrogens (tertiary/aromatic N) is 4. The predicted molar refractivity (Wildman–Crippen MR) is 87.2 cm³/mol. The molecule has 25 heavy (non-hydrogen) atoms. The summed E-state index contributed by atoms with van der Waals surface area (Å²) in [6.07, 6.45) is -2.19. The number of aryl methyl sites for hydroxylation is 1. The van der Waals surface area contributed by atoms with E-state index >= 15 is 0 Å².